The Balaban J connectivity index is 2.01. The summed E-state index contributed by atoms with van der Waals surface area (Å²) in [5.74, 6) is 0. The lowest BCUT2D eigenvalue weighted by Gasteiger charge is -2.19. The van der Waals surface area contributed by atoms with Gasteiger partial charge < -0.3 is 5.32 Å². The third-order valence-corrected chi connectivity index (χ3v) is 3.21. The van der Waals surface area contributed by atoms with Crippen LogP contribution in [0.3, 0.4) is 0 Å². The van der Waals surface area contributed by atoms with Crippen LogP contribution in [-0.2, 0) is 6.42 Å². The molecule has 0 aliphatic carbocycles. The van der Waals surface area contributed by atoms with Crippen molar-refractivity contribution >= 4 is 11.3 Å². The van der Waals surface area contributed by atoms with Crippen LogP contribution in [0.4, 0.5) is 0 Å². The van der Waals surface area contributed by atoms with E-state index in [4.69, 9.17) is 0 Å². The molecule has 0 aromatic carbocycles. The van der Waals surface area contributed by atoms with Crippen molar-refractivity contribution in [1.29, 1.82) is 0 Å². The molecule has 0 aliphatic heterocycles. The van der Waals surface area contributed by atoms with Crippen LogP contribution in [0, 0.1) is 0 Å². The molecule has 1 nitrogen and oxygen atoms in total. The monoisotopic (exact) mass is 237 g/mol. The first-order valence-electron chi connectivity index (χ1n) is 6.00. The Morgan fingerprint density at radius 3 is 2.62 bits per heavy atom. The molecule has 1 aromatic rings. The van der Waals surface area contributed by atoms with Crippen LogP contribution in [0.15, 0.2) is 29.7 Å². The smallest absolute Gasteiger partial charge is 0.00966 e. The van der Waals surface area contributed by atoms with Gasteiger partial charge in [0.15, 0.2) is 0 Å². The summed E-state index contributed by atoms with van der Waals surface area (Å²) in [6.07, 6.45) is 8.05. The molecular weight excluding hydrogens is 214 g/mol. The second-order valence-corrected chi connectivity index (χ2v) is 6.09. The van der Waals surface area contributed by atoms with E-state index in [-0.39, 0.29) is 5.54 Å². The van der Waals surface area contributed by atoms with Gasteiger partial charge in [-0.05, 0) is 58.0 Å². The van der Waals surface area contributed by atoms with Crippen LogP contribution in [0.25, 0.3) is 0 Å². The minimum atomic E-state index is 0.241. The Hall–Kier alpha value is -0.600. The van der Waals surface area contributed by atoms with Gasteiger partial charge in [0, 0.05) is 10.4 Å². The number of allylic oxidation sites excluding steroid dienone is 1. The van der Waals surface area contributed by atoms with Gasteiger partial charge in [0.05, 0.1) is 0 Å². The summed E-state index contributed by atoms with van der Waals surface area (Å²) < 4.78 is 0. The normalized spacial score (nSPS) is 12.4. The second kappa shape index (κ2) is 6.87. The van der Waals surface area contributed by atoms with Gasteiger partial charge in [0.25, 0.3) is 0 Å². The molecule has 0 bridgehead atoms. The number of nitrogens with one attached hydrogen (secondary N) is 1. The van der Waals surface area contributed by atoms with Gasteiger partial charge in [-0.15, -0.1) is 11.3 Å². The summed E-state index contributed by atoms with van der Waals surface area (Å²) in [6.45, 7) is 7.67. The first-order chi connectivity index (χ1) is 7.58. The van der Waals surface area contributed by atoms with E-state index in [1.165, 1.54) is 11.3 Å². The van der Waals surface area contributed by atoms with Crippen molar-refractivity contribution in [3.8, 4) is 0 Å². The maximum atomic E-state index is 3.48. The van der Waals surface area contributed by atoms with Crippen molar-refractivity contribution in [1.82, 2.24) is 5.32 Å². The topological polar surface area (TPSA) is 12.0 Å². The fourth-order valence-electron chi connectivity index (χ4n) is 1.45. The van der Waals surface area contributed by atoms with E-state index in [0.717, 1.165) is 19.4 Å². The first kappa shape index (κ1) is 13.5. The van der Waals surface area contributed by atoms with Crippen molar-refractivity contribution < 1.29 is 0 Å². The van der Waals surface area contributed by atoms with Gasteiger partial charge in [0.1, 0.15) is 0 Å². The molecule has 0 saturated heterocycles. The van der Waals surface area contributed by atoms with Crippen LogP contribution >= 0.6 is 11.3 Å². The molecule has 0 unspecified atom stereocenters. The minimum Gasteiger partial charge on any atom is -0.312 e. The molecule has 0 spiro atoms. The summed E-state index contributed by atoms with van der Waals surface area (Å²) >= 11 is 1.85. The van der Waals surface area contributed by atoms with Gasteiger partial charge in [-0.25, -0.2) is 0 Å². The zero-order valence-electron chi connectivity index (χ0n) is 10.6. The molecule has 0 saturated carbocycles. The molecule has 0 aliphatic rings. The Bertz CT molecular complexity index is 293. The predicted molar refractivity (Wildman–Crippen MR) is 74.2 cm³/mol. The van der Waals surface area contributed by atoms with E-state index in [1.54, 1.807) is 0 Å². The van der Waals surface area contributed by atoms with Crippen LogP contribution in [0.2, 0.25) is 0 Å². The third-order valence-electron chi connectivity index (χ3n) is 2.27. The molecular formula is C14H23NS. The molecule has 2 heteroatoms. The number of hydrogen-bond acceptors (Lipinski definition) is 2. The van der Waals surface area contributed by atoms with Crippen molar-refractivity contribution in [3.63, 3.8) is 0 Å². The van der Waals surface area contributed by atoms with E-state index in [1.807, 2.05) is 11.3 Å². The van der Waals surface area contributed by atoms with E-state index in [0.29, 0.717) is 0 Å². The highest BCUT2D eigenvalue weighted by molar-refractivity contribution is 7.09. The summed E-state index contributed by atoms with van der Waals surface area (Å²) in [5, 5.41) is 5.62. The fourth-order valence-corrected chi connectivity index (χ4v) is 2.17. The minimum absolute atomic E-state index is 0.241. The van der Waals surface area contributed by atoms with Gasteiger partial charge in [-0.1, -0.05) is 18.2 Å². The van der Waals surface area contributed by atoms with Crippen molar-refractivity contribution in [3.05, 3.63) is 34.5 Å². The lowest BCUT2D eigenvalue weighted by Crippen LogP contribution is -2.36. The molecule has 1 aromatic heterocycles. The largest absolute Gasteiger partial charge is 0.312 e. The quantitative estimate of drug-likeness (QED) is 0.582. The summed E-state index contributed by atoms with van der Waals surface area (Å²) in [7, 11) is 0. The van der Waals surface area contributed by atoms with Crippen molar-refractivity contribution in [2.24, 2.45) is 0 Å². The first-order valence-corrected chi connectivity index (χ1v) is 6.88. The highest BCUT2D eigenvalue weighted by atomic mass is 32.1. The fraction of sp³-hybridized carbons (Fsp3) is 0.571. The average molecular weight is 237 g/mol. The standard InChI is InChI=1S/C14H23NS/c1-14(2,3)15-11-7-5-4-6-9-13-10-8-12-16-13/h4-5,8,10,12,15H,6-7,9,11H2,1-3H3. The average Bonchev–Trinajstić information content (AvgIpc) is 2.67. The van der Waals surface area contributed by atoms with Crippen LogP contribution < -0.4 is 5.32 Å². The number of aryl methyl sites for hydroxylation is 1. The second-order valence-electron chi connectivity index (χ2n) is 5.05. The van der Waals surface area contributed by atoms with E-state index in [2.05, 4.69) is 55.8 Å². The zero-order valence-corrected chi connectivity index (χ0v) is 11.4. The van der Waals surface area contributed by atoms with Gasteiger partial charge >= 0.3 is 0 Å². The number of thiophene rings is 1. The lowest BCUT2D eigenvalue weighted by molar-refractivity contribution is 0.431. The highest BCUT2D eigenvalue weighted by Gasteiger charge is 2.05. The van der Waals surface area contributed by atoms with Crippen molar-refractivity contribution in [2.45, 2.75) is 45.6 Å². The summed E-state index contributed by atoms with van der Waals surface area (Å²) in [5.41, 5.74) is 0.241. The summed E-state index contributed by atoms with van der Waals surface area (Å²) in [6, 6.07) is 4.33. The Kier molecular flexibility index (Phi) is 5.78. The summed E-state index contributed by atoms with van der Waals surface area (Å²) in [4.78, 5) is 1.48. The Morgan fingerprint density at radius 2 is 2.00 bits per heavy atom. The molecule has 1 heterocycles. The Morgan fingerprint density at radius 1 is 1.25 bits per heavy atom. The molecule has 0 radical (unpaired) electrons. The van der Waals surface area contributed by atoms with Crippen LogP contribution in [0.1, 0.15) is 38.5 Å². The van der Waals surface area contributed by atoms with Gasteiger partial charge in [0.2, 0.25) is 0 Å². The molecule has 0 atom stereocenters. The SMILES string of the molecule is CC(C)(C)NCCC=CCCc1cccs1. The maximum absolute atomic E-state index is 3.48. The molecule has 1 N–H and O–H groups in total. The Labute approximate surface area is 104 Å². The molecule has 16 heavy (non-hydrogen) atoms. The predicted octanol–water partition coefficient (Wildman–Crippen LogP) is 4.02. The van der Waals surface area contributed by atoms with Gasteiger partial charge in [-0.2, -0.15) is 0 Å². The maximum Gasteiger partial charge on any atom is 0.00966 e. The van der Waals surface area contributed by atoms with E-state index in [9.17, 15) is 0 Å². The number of rotatable bonds is 6. The van der Waals surface area contributed by atoms with Crippen LogP contribution in [0.5, 0.6) is 0 Å². The van der Waals surface area contributed by atoms with Crippen LogP contribution in [-0.4, -0.2) is 12.1 Å². The van der Waals surface area contributed by atoms with E-state index < -0.39 is 0 Å². The zero-order chi connectivity index (χ0) is 11.9. The molecule has 0 fully saturated rings. The third kappa shape index (κ3) is 6.81. The van der Waals surface area contributed by atoms with Gasteiger partial charge in [-0.3, -0.25) is 0 Å². The molecule has 90 valence electrons. The van der Waals surface area contributed by atoms with E-state index >= 15 is 0 Å². The van der Waals surface area contributed by atoms with Crippen molar-refractivity contribution in [2.75, 3.05) is 6.54 Å². The molecule has 1 rings (SSSR count). The molecule has 0 amide bonds. The highest BCUT2D eigenvalue weighted by Crippen LogP contribution is 2.10. The number of hydrogen-bond donors (Lipinski definition) is 1. The lowest BCUT2D eigenvalue weighted by atomic mass is 10.1.